The molecule has 2 rings (SSSR count). The maximum atomic E-state index is 4.31. The smallest absolute Gasteiger partial charge is 0.107 e. The lowest BCUT2D eigenvalue weighted by Gasteiger charge is -1.98. The lowest BCUT2D eigenvalue weighted by atomic mass is 10.1. The van der Waals surface area contributed by atoms with E-state index in [0.717, 1.165) is 16.9 Å². The van der Waals surface area contributed by atoms with Gasteiger partial charge in [0.25, 0.3) is 0 Å². The van der Waals surface area contributed by atoms with Crippen LogP contribution in [0.1, 0.15) is 17.0 Å². The predicted octanol–water partition coefficient (Wildman–Crippen LogP) is 2.36. The second-order valence-electron chi connectivity index (χ2n) is 3.09. The summed E-state index contributed by atoms with van der Waals surface area (Å²) in [5.41, 5.74) is 4.62. The quantitative estimate of drug-likeness (QED) is 0.628. The Bertz CT molecular complexity index is 427. The van der Waals surface area contributed by atoms with Crippen molar-refractivity contribution < 1.29 is 0 Å². The minimum Gasteiger partial charge on any atom is -0.342 e. The van der Waals surface area contributed by atoms with E-state index in [0.29, 0.717) is 0 Å². The number of fused-ring (bicyclic) bond motifs is 1. The van der Waals surface area contributed by atoms with E-state index in [2.05, 4.69) is 36.8 Å². The summed E-state index contributed by atoms with van der Waals surface area (Å²) in [6.07, 6.45) is 0. The summed E-state index contributed by atoms with van der Waals surface area (Å²) < 4.78 is 0. The van der Waals surface area contributed by atoms with Crippen LogP contribution < -0.4 is 0 Å². The van der Waals surface area contributed by atoms with E-state index in [9.17, 15) is 0 Å². The van der Waals surface area contributed by atoms with Crippen molar-refractivity contribution in [1.29, 1.82) is 0 Å². The van der Waals surface area contributed by atoms with E-state index in [4.69, 9.17) is 0 Å². The summed E-state index contributed by atoms with van der Waals surface area (Å²) in [4.78, 5) is 7.41. The third-order valence-electron chi connectivity index (χ3n) is 2.23. The largest absolute Gasteiger partial charge is 0.342 e. The zero-order valence-electron chi connectivity index (χ0n) is 7.31. The van der Waals surface area contributed by atoms with Crippen LogP contribution in [0.15, 0.2) is 12.1 Å². The molecule has 0 saturated heterocycles. The van der Waals surface area contributed by atoms with Crippen LogP contribution in [0.5, 0.6) is 0 Å². The molecular weight excluding hydrogens is 148 g/mol. The normalized spacial score (nSPS) is 10.9. The molecule has 0 amide bonds. The summed E-state index contributed by atoms with van der Waals surface area (Å²) in [5.74, 6) is 0.735. The monoisotopic (exact) mass is 159 g/mol. The minimum atomic E-state index is 0.735. The fraction of sp³-hybridized carbons (Fsp3) is 0.200. The fourth-order valence-electron chi connectivity index (χ4n) is 1.36. The molecule has 0 unspecified atom stereocenters. The average Bonchev–Trinajstić information content (AvgIpc) is 2.39. The molecule has 12 heavy (non-hydrogen) atoms. The topological polar surface area (TPSA) is 28.7 Å². The van der Waals surface area contributed by atoms with E-state index in [-0.39, 0.29) is 0 Å². The summed E-state index contributed by atoms with van der Waals surface area (Å²) in [6, 6.07) is 4.13. The molecule has 0 aliphatic rings. The Kier molecular flexibility index (Phi) is 1.43. The summed E-state index contributed by atoms with van der Waals surface area (Å²) in [7, 11) is 0. The second kappa shape index (κ2) is 2.34. The minimum absolute atomic E-state index is 0.735. The first-order chi connectivity index (χ1) is 5.68. The Balaban J connectivity index is 2.89. The van der Waals surface area contributed by atoms with Crippen LogP contribution in [0.2, 0.25) is 0 Å². The zero-order valence-corrected chi connectivity index (χ0v) is 7.31. The second-order valence-corrected chi connectivity index (χ2v) is 3.09. The van der Waals surface area contributed by atoms with Crippen molar-refractivity contribution >= 4 is 11.0 Å². The van der Waals surface area contributed by atoms with Crippen molar-refractivity contribution in [3.05, 3.63) is 36.0 Å². The van der Waals surface area contributed by atoms with E-state index >= 15 is 0 Å². The van der Waals surface area contributed by atoms with E-state index < -0.39 is 0 Å². The number of rotatable bonds is 0. The van der Waals surface area contributed by atoms with Crippen LogP contribution in [0.3, 0.4) is 0 Å². The molecule has 0 bridgehead atoms. The number of aryl methyl sites for hydroxylation is 2. The molecule has 1 aromatic heterocycles. The molecule has 1 N–H and O–H groups in total. The van der Waals surface area contributed by atoms with Crippen LogP contribution in [0.4, 0.5) is 0 Å². The van der Waals surface area contributed by atoms with Gasteiger partial charge in [0.15, 0.2) is 0 Å². The Hall–Kier alpha value is -1.31. The van der Waals surface area contributed by atoms with Gasteiger partial charge in [-0.15, -0.1) is 0 Å². The Morgan fingerprint density at radius 3 is 2.83 bits per heavy atom. The van der Waals surface area contributed by atoms with Crippen molar-refractivity contribution in [2.75, 3.05) is 0 Å². The highest BCUT2D eigenvalue weighted by Gasteiger charge is 2.03. The van der Waals surface area contributed by atoms with Gasteiger partial charge in [-0.3, -0.25) is 0 Å². The maximum absolute atomic E-state index is 4.31. The maximum Gasteiger partial charge on any atom is 0.107 e. The highest BCUT2D eigenvalue weighted by atomic mass is 14.9. The Morgan fingerprint density at radius 1 is 1.33 bits per heavy atom. The molecular formula is C10H11N2. The van der Waals surface area contributed by atoms with Crippen LogP contribution in [0, 0.1) is 20.8 Å². The Labute approximate surface area is 71.6 Å². The van der Waals surface area contributed by atoms with Crippen LogP contribution in [-0.2, 0) is 0 Å². The van der Waals surface area contributed by atoms with E-state index in [1.807, 2.05) is 6.07 Å². The highest BCUT2D eigenvalue weighted by Crippen LogP contribution is 2.18. The van der Waals surface area contributed by atoms with Crippen molar-refractivity contribution in [3.8, 4) is 0 Å². The molecule has 61 valence electrons. The van der Waals surface area contributed by atoms with Crippen molar-refractivity contribution in [2.24, 2.45) is 0 Å². The van der Waals surface area contributed by atoms with Crippen molar-refractivity contribution in [1.82, 2.24) is 9.97 Å². The third-order valence-corrected chi connectivity index (χ3v) is 2.23. The molecule has 0 fully saturated rings. The van der Waals surface area contributed by atoms with Gasteiger partial charge in [0.2, 0.25) is 0 Å². The first-order valence-electron chi connectivity index (χ1n) is 3.96. The molecule has 2 heteroatoms. The van der Waals surface area contributed by atoms with Crippen molar-refractivity contribution in [3.63, 3.8) is 0 Å². The molecule has 0 aliphatic heterocycles. The molecule has 0 atom stereocenters. The molecule has 0 aliphatic carbocycles. The van der Waals surface area contributed by atoms with Gasteiger partial charge < -0.3 is 4.98 Å². The highest BCUT2D eigenvalue weighted by molar-refractivity contribution is 5.79. The molecule has 1 heterocycles. The number of imidazole rings is 1. The van der Waals surface area contributed by atoms with Crippen LogP contribution in [0.25, 0.3) is 11.0 Å². The average molecular weight is 159 g/mol. The molecule has 0 saturated carbocycles. The van der Waals surface area contributed by atoms with Gasteiger partial charge in [-0.25, -0.2) is 4.98 Å². The van der Waals surface area contributed by atoms with Gasteiger partial charge in [0.1, 0.15) is 5.82 Å². The number of hydrogen-bond donors (Lipinski definition) is 1. The van der Waals surface area contributed by atoms with Gasteiger partial charge in [-0.1, -0.05) is 6.07 Å². The molecule has 2 nitrogen and oxygen atoms in total. The number of nitrogens with zero attached hydrogens (tertiary/aromatic N) is 1. The van der Waals surface area contributed by atoms with Gasteiger partial charge in [0, 0.05) is 6.92 Å². The number of hydrogen-bond acceptors (Lipinski definition) is 1. The number of H-pyrrole nitrogens is 1. The molecule has 1 aromatic carbocycles. The fourth-order valence-corrected chi connectivity index (χ4v) is 1.36. The third kappa shape index (κ3) is 0.916. The first kappa shape index (κ1) is 7.35. The predicted molar refractivity (Wildman–Crippen MR) is 50.0 cm³/mol. The first-order valence-corrected chi connectivity index (χ1v) is 3.96. The SMILES string of the molecule is [CH2]c1nc2c(C)c(C)ccc2[nH]1. The van der Waals surface area contributed by atoms with Crippen molar-refractivity contribution in [2.45, 2.75) is 13.8 Å². The lowest BCUT2D eigenvalue weighted by molar-refractivity contribution is 1.25. The summed E-state index contributed by atoms with van der Waals surface area (Å²) >= 11 is 0. The van der Waals surface area contributed by atoms with E-state index in [1.165, 1.54) is 11.1 Å². The van der Waals surface area contributed by atoms with Gasteiger partial charge in [0.05, 0.1) is 11.0 Å². The van der Waals surface area contributed by atoms with Crippen LogP contribution in [-0.4, -0.2) is 9.97 Å². The van der Waals surface area contributed by atoms with Gasteiger partial charge in [-0.05, 0) is 31.0 Å². The molecule has 0 spiro atoms. The standard InChI is InChI=1S/C10H11N2/c1-6-4-5-9-10(7(6)2)12-8(3)11-9/h4-5H,3H2,1-2H3,(H,11,12). The van der Waals surface area contributed by atoms with Gasteiger partial charge in [-0.2, -0.15) is 0 Å². The van der Waals surface area contributed by atoms with Crippen LogP contribution >= 0.6 is 0 Å². The summed E-state index contributed by atoms with van der Waals surface area (Å²) in [5, 5.41) is 0. The summed E-state index contributed by atoms with van der Waals surface area (Å²) in [6.45, 7) is 7.93. The number of aromatic amines is 1. The lowest BCUT2D eigenvalue weighted by Crippen LogP contribution is -1.81. The molecule has 2 aromatic rings. The number of nitrogens with one attached hydrogen (secondary N) is 1. The number of aromatic nitrogens is 2. The Morgan fingerprint density at radius 2 is 2.08 bits per heavy atom. The number of benzene rings is 1. The van der Waals surface area contributed by atoms with Gasteiger partial charge >= 0.3 is 0 Å². The van der Waals surface area contributed by atoms with E-state index in [1.54, 1.807) is 0 Å². The zero-order chi connectivity index (χ0) is 8.72. The molecule has 1 radical (unpaired) electrons.